The highest BCUT2D eigenvalue weighted by atomic mass is 15.5. The van der Waals surface area contributed by atoms with E-state index in [2.05, 4.69) is 37.3 Å². The van der Waals surface area contributed by atoms with Crippen molar-refractivity contribution >= 4 is 11.8 Å². The van der Waals surface area contributed by atoms with Crippen LogP contribution in [0.1, 0.15) is 0 Å². The zero-order valence-electron chi connectivity index (χ0n) is 11.4. The van der Waals surface area contributed by atoms with Gasteiger partial charge in [-0.1, -0.05) is 0 Å². The van der Waals surface area contributed by atoms with E-state index in [0.29, 0.717) is 11.8 Å². The number of piperazine rings is 1. The highest BCUT2D eigenvalue weighted by Gasteiger charge is 2.14. The van der Waals surface area contributed by atoms with Crippen molar-refractivity contribution in [3.8, 4) is 5.82 Å². The second kappa shape index (κ2) is 5.43. The summed E-state index contributed by atoms with van der Waals surface area (Å²) in [5.41, 5.74) is 9.08. The fourth-order valence-electron chi connectivity index (χ4n) is 2.13. The Kier molecular flexibility index (Phi) is 3.48. The van der Waals surface area contributed by atoms with Crippen LogP contribution in [0.5, 0.6) is 0 Å². The molecule has 1 aliphatic heterocycles. The number of likely N-dealkylation sites (N-methyl/N-ethyl adjacent to an activating group) is 1. The summed E-state index contributed by atoms with van der Waals surface area (Å²) in [7, 11) is 2.13. The minimum Gasteiger partial charge on any atom is -0.369 e. The van der Waals surface area contributed by atoms with Crippen molar-refractivity contribution in [2.45, 2.75) is 0 Å². The number of aromatic nitrogens is 4. The molecule has 3 rings (SSSR count). The summed E-state index contributed by atoms with van der Waals surface area (Å²) in [5, 5.41) is 2.16. The van der Waals surface area contributed by atoms with Crippen LogP contribution in [0, 0.1) is 0 Å². The summed E-state index contributed by atoms with van der Waals surface area (Å²) in [4.78, 5) is 14.7. The smallest absolute Gasteiger partial charge is 0.206 e. The van der Waals surface area contributed by atoms with Gasteiger partial charge in [0.2, 0.25) is 5.95 Å². The zero-order valence-corrected chi connectivity index (χ0v) is 11.4. The van der Waals surface area contributed by atoms with Gasteiger partial charge in [-0.25, -0.2) is 20.0 Å². The lowest BCUT2D eigenvalue weighted by Crippen LogP contribution is -2.47. The van der Waals surface area contributed by atoms with Crippen LogP contribution in [-0.2, 0) is 0 Å². The molecule has 0 spiro atoms. The lowest BCUT2D eigenvalue weighted by atomic mass is 10.4. The molecule has 3 N–H and O–H groups in total. The number of imidazole rings is 1. The molecule has 0 amide bonds. The first-order valence-corrected chi connectivity index (χ1v) is 6.54. The van der Waals surface area contributed by atoms with Gasteiger partial charge in [-0.3, -0.25) is 4.57 Å². The molecule has 1 aliphatic rings. The summed E-state index contributed by atoms with van der Waals surface area (Å²) >= 11 is 0. The lowest BCUT2D eigenvalue weighted by Gasteiger charge is -2.32. The van der Waals surface area contributed by atoms with Gasteiger partial charge < -0.3 is 16.1 Å². The third-order valence-corrected chi connectivity index (χ3v) is 3.34. The van der Waals surface area contributed by atoms with Crippen molar-refractivity contribution in [3.63, 3.8) is 0 Å². The fourth-order valence-corrected chi connectivity index (χ4v) is 2.13. The molecule has 0 aliphatic carbocycles. The van der Waals surface area contributed by atoms with Crippen LogP contribution >= 0.6 is 0 Å². The van der Waals surface area contributed by atoms with Gasteiger partial charge in [0.25, 0.3) is 0 Å². The van der Waals surface area contributed by atoms with Gasteiger partial charge in [0, 0.05) is 44.6 Å². The lowest BCUT2D eigenvalue weighted by molar-refractivity contribution is 0.178. The van der Waals surface area contributed by atoms with E-state index in [-0.39, 0.29) is 0 Å². The Bertz CT molecular complexity index is 572. The molecule has 0 atom stereocenters. The predicted octanol–water partition coefficient (Wildman–Crippen LogP) is -0.181. The molecule has 8 heteroatoms. The van der Waals surface area contributed by atoms with Gasteiger partial charge in [0.1, 0.15) is 18.0 Å². The standard InChI is InChI=1S/C12H18N8/c1-18-4-6-19(7-5-18)17-10-8-11(16-9-15-10)20-3-2-14-12(20)13/h2-3,8-9H,4-7H2,1H3,(H2,13,14)(H,15,16,17). The molecule has 0 aromatic carbocycles. The third kappa shape index (κ3) is 2.70. The van der Waals surface area contributed by atoms with Crippen LogP contribution in [0.3, 0.4) is 0 Å². The fraction of sp³-hybridized carbons (Fsp3) is 0.417. The second-order valence-electron chi connectivity index (χ2n) is 4.82. The van der Waals surface area contributed by atoms with E-state index in [4.69, 9.17) is 5.73 Å². The largest absolute Gasteiger partial charge is 0.369 e. The minimum absolute atomic E-state index is 0.411. The summed E-state index contributed by atoms with van der Waals surface area (Å²) in [6, 6.07) is 1.86. The maximum absolute atomic E-state index is 5.78. The molecule has 2 aromatic heterocycles. The Hall–Kier alpha value is -2.19. The van der Waals surface area contributed by atoms with Crippen molar-refractivity contribution in [3.05, 3.63) is 24.8 Å². The normalized spacial score (nSPS) is 17.2. The number of hydrogen-bond acceptors (Lipinski definition) is 7. The second-order valence-corrected chi connectivity index (χ2v) is 4.82. The number of hydrogen-bond donors (Lipinski definition) is 2. The third-order valence-electron chi connectivity index (χ3n) is 3.34. The van der Waals surface area contributed by atoms with Crippen LogP contribution < -0.4 is 11.2 Å². The molecule has 0 radical (unpaired) electrons. The molecule has 0 saturated carbocycles. The van der Waals surface area contributed by atoms with E-state index in [0.717, 1.165) is 32.0 Å². The van der Waals surface area contributed by atoms with Crippen molar-refractivity contribution in [1.29, 1.82) is 0 Å². The van der Waals surface area contributed by atoms with E-state index in [1.54, 1.807) is 17.0 Å². The first kappa shape index (κ1) is 12.8. The predicted molar refractivity (Wildman–Crippen MR) is 76.3 cm³/mol. The molecule has 2 aromatic rings. The molecular weight excluding hydrogens is 256 g/mol. The summed E-state index contributed by atoms with van der Waals surface area (Å²) < 4.78 is 1.72. The van der Waals surface area contributed by atoms with Crippen molar-refractivity contribution in [1.82, 2.24) is 29.4 Å². The summed E-state index contributed by atoms with van der Waals surface area (Å²) in [6.07, 6.45) is 4.94. The SMILES string of the molecule is CN1CCN(Nc2cc(-n3ccnc3N)ncn2)CC1. The first-order valence-electron chi connectivity index (χ1n) is 6.54. The Balaban J connectivity index is 1.73. The average Bonchev–Trinajstić information content (AvgIpc) is 2.88. The number of nitrogens with zero attached hydrogens (tertiary/aromatic N) is 6. The van der Waals surface area contributed by atoms with Gasteiger partial charge in [0.05, 0.1) is 0 Å². The highest BCUT2D eigenvalue weighted by Crippen LogP contribution is 2.13. The number of nitrogen functional groups attached to an aromatic ring is 1. The van der Waals surface area contributed by atoms with Gasteiger partial charge in [-0.15, -0.1) is 0 Å². The number of nitrogens with two attached hydrogens (primary N) is 1. The van der Waals surface area contributed by atoms with Crippen LogP contribution in [0.25, 0.3) is 5.82 Å². The van der Waals surface area contributed by atoms with Crippen molar-refractivity contribution < 1.29 is 0 Å². The number of hydrazine groups is 1. The first-order chi connectivity index (χ1) is 9.72. The molecule has 20 heavy (non-hydrogen) atoms. The van der Waals surface area contributed by atoms with Crippen molar-refractivity contribution in [2.24, 2.45) is 0 Å². The topological polar surface area (TPSA) is 88.1 Å². The molecule has 1 saturated heterocycles. The number of rotatable bonds is 3. The van der Waals surface area contributed by atoms with Gasteiger partial charge in [0.15, 0.2) is 0 Å². The van der Waals surface area contributed by atoms with E-state index in [1.165, 1.54) is 6.33 Å². The molecule has 0 bridgehead atoms. The minimum atomic E-state index is 0.411. The van der Waals surface area contributed by atoms with Crippen LogP contribution in [-0.4, -0.2) is 62.7 Å². The van der Waals surface area contributed by atoms with Gasteiger partial charge in [-0.05, 0) is 7.05 Å². The van der Waals surface area contributed by atoms with Crippen molar-refractivity contribution in [2.75, 3.05) is 44.4 Å². The molecule has 0 unspecified atom stereocenters. The number of anilines is 2. The Morgan fingerprint density at radius 2 is 1.95 bits per heavy atom. The molecule has 106 valence electrons. The number of nitrogens with one attached hydrogen (secondary N) is 1. The molecule has 8 nitrogen and oxygen atoms in total. The highest BCUT2D eigenvalue weighted by molar-refractivity contribution is 5.42. The molecular formula is C12H18N8. The van der Waals surface area contributed by atoms with E-state index >= 15 is 0 Å². The van der Waals surface area contributed by atoms with E-state index < -0.39 is 0 Å². The quantitative estimate of drug-likeness (QED) is 0.802. The van der Waals surface area contributed by atoms with Gasteiger partial charge in [-0.2, -0.15) is 0 Å². The summed E-state index contributed by atoms with van der Waals surface area (Å²) in [5.74, 6) is 1.87. The monoisotopic (exact) mass is 274 g/mol. The van der Waals surface area contributed by atoms with E-state index in [1.807, 2.05) is 6.07 Å². The Morgan fingerprint density at radius 3 is 2.65 bits per heavy atom. The maximum atomic E-state index is 5.78. The van der Waals surface area contributed by atoms with Crippen LogP contribution in [0.15, 0.2) is 24.8 Å². The van der Waals surface area contributed by atoms with Crippen LogP contribution in [0.4, 0.5) is 11.8 Å². The Labute approximate surface area is 117 Å². The van der Waals surface area contributed by atoms with E-state index in [9.17, 15) is 0 Å². The Morgan fingerprint density at radius 1 is 1.15 bits per heavy atom. The molecule has 3 heterocycles. The van der Waals surface area contributed by atoms with Gasteiger partial charge >= 0.3 is 0 Å². The molecule has 1 fully saturated rings. The van der Waals surface area contributed by atoms with Crippen LogP contribution in [0.2, 0.25) is 0 Å². The maximum Gasteiger partial charge on any atom is 0.206 e. The average molecular weight is 274 g/mol. The zero-order chi connectivity index (χ0) is 13.9. The summed E-state index contributed by atoms with van der Waals surface area (Å²) in [6.45, 7) is 4.00.